The minimum atomic E-state index is -0.128. The Morgan fingerprint density at radius 3 is 2.87 bits per heavy atom. The van der Waals surface area contributed by atoms with Crippen LogP contribution >= 0.6 is 23.4 Å². The third-order valence-electron chi connectivity index (χ3n) is 4.85. The van der Waals surface area contributed by atoms with Crippen LogP contribution in [-0.4, -0.2) is 44.1 Å². The fourth-order valence-electron chi connectivity index (χ4n) is 3.26. The van der Waals surface area contributed by atoms with E-state index in [2.05, 4.69) is 20.5 Å². The van der Waals surface area contributed by atoms with Crippen LogP contribution in [0.4, 0.5) is 5.69 Å². The van der Waals surface area contributed by atoms with Crippen LogP contribution in [0.5, 0.6) is 0 Å². The number of rotatable bonds is 7. The highest BCUT2D eigenvalue weighted by Crippen LogP contribution is 2.27. The monoisotopic (exact) mass is 443 g/mol. The molecule has 1 fully saturated rings. The molecule has 3 aromatic rings. The summed E-state index contributed by atoms with van der Waals surface area (Å²) >= 11 is 7.49. The number of ether oxygens (including phenoxy) is 1. The van der Waals surface area contributed by atoms with Gasteiger partial charge in [0.05, 0.1) is 18.4 Å². The number of carbonyl (C=O) groups excluding carboxylic acids is 1. The van der Waals surface area contributed by atoms with Gasteiger partial charge in [0.1, 0.15) is 0 Å². The van der Waals surface area contributed by atoms with Crippen LogP contribution in [-0.2, 0) is 16.1 Å². The van der Waals surface area contributed by atoms with Crippen molar-refractivity contribution in [3.05, 3.63) is 53.3 Å². The minimum absolute atomic E-state index is 0.128. The molecule has 1 aliphatic rings. The molecule has 0 radical (unpaired) electrons. The third kappa shape index (κ3) is 5.00. The van der Waals surface area contributed by atoms with Gasteiger partial charge in [0.2, 0.25) is 5.91 Å². The van der Waals surface area contributed by atoms with Crippen LogP contribution in [0.2, 0.25) is 5.02 Å². The predicted molar refractivity (Wildman–Crippen MR) is 118 cm³/mol. The molecule has 4 rings (SSSR count). The van der Waals surface area contributed by atoms with E-state index in [1.807, 2.05) is 35.8 Å². The van der Waals surface area contributed by atoms with Crippen molar-refractivity contribution in [3.8, 4) is 11.4 Å². The van der Waals surface area contributed by atoms with Gasteiger partial charge in [-0.25, -0.2) is 0 Å². The van der Waals surface area contributed by atoms with Gasteiger partial charge < -0.3 is 10.1 Å². The van der Waals surface area contributed by atoms with Crippen molar-refractivity contribution in [1.82, 2.24) is 19.7 Å². The van der Waals surface area contributed by atoms with Crippen LogP contribution in [0.25, 0.3) is 11.4 Å². The number of aryl methyl sites for hydroxylation is 1. The van der Waals surface area contributed by atoms with E-state index in [1.54, 1.807) is 18.5 Å². The molecular formula is C21H22ClN5O2S. The van der Waals surface area contributed by atoms with Crippen LogP contribution < -0.4 is 5.32 Å². The van der Waals surface area contributed by atoms with Gasteiger partial charge in [0.25, 0.3) is 0 Å². The molecule has 2 aromatic heterocycles. The average Bonchev–Trinajstić information content (AvgIpc) is 3.40. The minimum Gasteiger partial charge on any atom is -0.376 e. The Balaban J connectivity index is 1.48. The zero-order valence-corrected chi connectivity index (χ0v) is 18.1. The Labute approximate surface area is 184 Å². The summed E-state index contributed by atoms with van der Waals surface area (Å²) in [7, 11) is 0. The molecular weight excluding hydrogens is 422 g/mol. The molecule has 1 saturated heterocycles. The summed E-state index contributed by atoms with van der Waals surface area (Å²) in [6, 6.07) is 9.27. The molecule has 7 nitrogen and oxygen atoms in total. The molecule has 30 heavy (non-hydrogen) atoms. The number of amides is 1. The molecule has 0 unspecified atom stereocenters. The Bertz CT molecular complexity index is 1020. The van der Waals surface area contributed by atoms with Crippen molar-refractivity contribution >= 4 is 35.0 Å². The molecule has 1 atom stereocenters. The Morgan fingerprint density at radius 1 is 1.30 bits per heavy atom. The second-order valence-corrected chi connectivity index (χ2v) is 8.44. The van der Waals surface area contributed by atoms with Crippen molar-refractivity contribution in [2.45, 2.75) is 37.6 Å². The van der Waals surface area contributed by atoms with Gasteiger partial charge in [-0.2, -0.15) is 0 Å². The van der Waals surface area contributed by atoms with Crippen LogP contribution in [0.1, 0.15) is 18.4 Å². The Kier molecular flexibility index (Phi) is 6.66. The maximum Gasteiger partial charge on any atom is 0.234 e. The van der Waals surface area contributed by atoms with E-state index in [-0.39, 0.29) is 17.8 Å². The van der Waals surface area contributed by atoms with Gasteiger partial charge in [-0.15, -0.1) is 10.2 Å². The van der Waals surface area contributed by atoms with Gasteiger partial charge in [-0.3, -0.25) is 14.3 Å². The molecule has 0 spiro atoms. The third-order valence-corrected chi connectivity index (χ3v) is 6.23. The van der Waals surface area contributed by atoms with E-state index in [0.29, 0.717) is 22.4 Å². The average molecular weight is 444 g/mol. The number of aromatic nitrogens is 4. The number of hydrogen-bond donors (Lipinski definition) is 1. The number of halogens is 1. The van der Waals surface area contributed by atoms with Crippen molar-refractivity contribution in [3.63, 3.8) is 0 Å². The lowest BCUT2D eigenvalue weighted by Gasteiger charge is -2.14. The first-order chi connectivity index (χ1) is 14.6. The maximum atomic E-state index is 12.4. The van der Waals surface area contributed by atoms with E-state index in [1.165, 1.54) is 11.8 Å². The highest BCUT2D eigenvalue weighted by Gasteiger charge is 2.22. The lowest BCUT2D eigenvalue weighted by Crippen LogP contribution is -2.18. The van der Waals surface area contributed by atoms with Crippen molar-refractivity contribution < 1.29 is 9.53 Å². The number of carbonyl (C=O) groups is 1. The number of nitrogens with one attached hydrogen (secondary N) is 1. The molecule has 3 heterocycles. The first kappa shape index (κ1) is 20.8. The van der Waals surface area contributed by atoms with Crippen molar-refractivity contribution in [2.24, 2.45) is 0 Å². The number of hydrogen-bond acceptors (Lipinski definition) is 6. The number of nitrogens with zero attached hydrogens (tertiary/aromatic N) is 4. The standard InChI is InChI=1S/C21H22ClN5O2S/c1-14-4-5-16(11-18(14)22)24-19(28)13-30-21-26-25-20(15-6-8-23-9-7-15)27(21)12-17-3-2-10-29-17/h4-9,11,17H,2-3,10,12-13H2,1H3,(H,24,28)/t17-/m0/s1. The van der Waals surface area contributed by atoms with Crippen LogP contribution in [0.15, 0.2) is 47.9 Å². The summed E-state index contributed by atoms with van der Waals surface area (Å²) in [5.74, 6) is 0.837. The lowest BCUT2D eigenvalue weighted by atomic mass is 10.2. The highest BCUT2D eigenvalue weighted by atomic mass is 35.5. The predicted octanol–water partition coefficient (Wildman–Crippen LogP) is 4.21. The zero-order chi connectivity index (χ0) is 20.9. The molecule has 1 N–H and O–H groups in total. The van der Waals surface area contributed by atoms with E-state index in [0.717, 1.165) is 36.4 Å². The Morgan fingerprint density at radius 2 is 2.13 bits per heavy atom. The number of pyridine rings is 1. The van der Waals surface area contributed by atoms with E-state index in [9.17, 15) is 4.79 Å². The van der Waals surface area contributed by atoms with Crippen LogP contribution in [0, 0.1) is 6.92 Å². The largest absolute Gasteiger partial charge is 0.376 e. The molecule has 0 saturated carbocycles. The normalized spacial score (nSPS) is 16.0. The maximum absolute atomic E-state index is 12.4. The van der Waals surface area contributed by atoms with Crippen LogP contribution in [0.3, 0.4) is 0 Å². The number of thioether (sulfide) groups is 1. The zero-order valence-electron chi connectivity index (χ0n) is 16.5. The smallest absolute Gasteiger partial charge is 0.234 e. The molecule has 0 aliphatic carbocycles. The molecule has 0 bridgehead atoms. The molecule has 156 valence electrons. The van der Waals surface area contributed by atoms with E-state index >= 15 is 0 Å². The summed E-state index contributed by atoms with van der Waals surface area (Å²) in [4.78, 5) is 16.5. The van der Waals surface area contributed by atoms with Gasteiger partial charge in [0.15, 0.2) is 11.0 Å². The number of benzene rings is 1. The highest BCUT2D eigenvalue weighted by molar-refractivity contribution is 7.99. The number of anilines is 1. The van der Waals surface area contributed by atoms with E-state index in [4.69, 9.17) is 16.3 Å². The molecule has 9 heteroatoms. The second-order valence-electron chi connectivity index (χ2n) is 7.09. The summed E-state index contributed by atoms with van der Waals surface area (Å²) in [5, 5.41) is 12.9. The SMILES string of the molecule is Cc1ccc(NC(=O)CSc2nnc(-c3ccncc3)n2C[C@@H]2CCCO2)cc1Cl. The molecule has 1 aromatic carbocycles. The fourth-order valence-corrected chi connectivity index (χ4v) is 4.19. The summed E-state index contributed by atoms with van der Waals surface area (Å²) in [6.45, 7) is 3.36. The Hall–Kier alpha value is -2.42. The van der Waals surface area contributed by atoms with Gasteiger partial charge in [0, 0.05) is 35.3 Å². The lowest BCUT2D eigenvalue weighted by molar-refractivity contribution is -0.113. The van der Waals surface area contributed by atoms with E-state index < -0.39 is 0 Å². The first-order valence-corrected chi connectivity index (χ1v) is 11.1. The fraction of sp³-hybridized carbons (Fsp3) is 0.333. The summed E-state index contributed by atoms with van der Waals surface area (Å²) in [6.07, 6.45) is 5.65. The quantitative estimate of drug-likeness (QED) is 0.551. The van der Waals surface area contributed by atoms with Gasteiger partial charge in [-0.05, 0) is 49.6 Å². The first-order valence-electron chi connectivity index (χ1n) is 9.74. The summed E-state index contributed by atoms with van der Waals surface area (Å²) < 4.78 is 7.84. The van der Waals surface area contributed by atoms with Crippen molar-refractivity contribution in [1.29, 1.82) is 0 Å². The van der Waals surface area contributed by atoms with Gasteiger partial charge in [-0.1, -0.05) is 29.4 Å². The second kappa shape index (κ2) is 9.59. The van der Waals surface area contributed by atoms with Gasteiger partial charge >= 0.3 is 0 Å². The van der Waals surface area contributed by atoms with Crippen molar-refractivity contribution in [2.75, 3.05) is 17.7 Å². The molecule has 1 aliphatic heterocycles. The summed E-state index contributed by atoms with van der Waals surface area (Å²) in [5.41, 5.74) is 2.57. The topological polar surface area (TPSA) is 81.9 Å². The molecule has 1 amide bonds.